The molecule has 1 fully saturated rings. The van der Waals surface area contributed by atoms with Crippen LogP contribution in [0.15, 0.2) is 66.4 Å². The largest absolute Gasteiger partial charge is 0.385 e. The fourth-order valence-electron chi connectivity index (χ4n) is 2.53. The third-order valence-electron chi connectivity index (χ3n) is 4.30. The van der Waals surface area contributed by atoms with E-state index < -0.39 is 6.43 Å². The monoisotopic (exact) mass is 420 g/mol. The van der Waals surface area contributed by atoms with Crippen LogP contribution >= 0.6 is 0 Å². The molecule has 0 spiro atoms. The van der Waals surface area contributed by atoms with Crippen LogP contribution in [0.3, 0.4) is 0 Å². The van der Waals surface area contributed by atoms with Crippen molar-refractivity contribution in [1.29, 1.82) is 0 Å². The zero-order valence-corrected chi connectivity index (χ0v) is 18.5. The quantitative estimate of drug-likeness (QED) is 0.350. The smallest absolute Gasteiger partial charge is 0.263 e. The standard InChI is InChI=1S/C11H11F2NO.C11H17NO.C2H6/c1-14-10(7-15)6-8-2-4-9(5-3-8)11(12)13;1-4-6-10(7-5-2)11(12-3)8-13-9-11;1-2/h2-7,11,14H,1H3;4-7,12H,1,8-9H2,2-3H3;1-2H3/b10-6-;7-5-,10-6+;. The number of halogens is 2. The van der Waals surface area contributed by atoms with Gasteiger partial charge in [-0.05, 0) is 31.2 Å². The Morgan fingerprint density at radius 1 is 1.20 bits per heavy atom. The molecule has 0 radical (unpaired) electrons. The Morgan fingerprint density at radius 2 is 1.80 bits per heavy atom. The van der Waals surface area contributed by atoms with E-state index in [0.29, 0.717) is 17.5 Å². The molecule has 1 aliphatic heterocycles. The molecule has 4 nitrogen and oxygen atoms in total. The van der Waals surface area contributed by atoms with E-state index in [0.717, 1.165) is 13.2 Å². The molecule has 1 aromatic carbocycles. The first-order valence-electron chi connectivity index (χ1n) is 9.91. The second-order valence-corrected chi connectivity index (χ2v) is 6.12. The van der Waals surface area contributed by atoms with E-state index in [-0.39, 0.29) is 11.1 Å². The summed E-state index contributed by atoms with van der Waals surface area (Å²) in [5.41, 5.74) is 2.33. The van der Waals surface area contributed by atoms with Crippen molar-refractivity contribution in [3.05, 3.63) is 77.5 Å². The van der Waals surface area contributed by atoms with Gasteiger partial charge in [-0.25, -0.2) is 8.78 Å². The first kappa shape index (κ1) is 27.4. The highest BCUT2D eigenvalue weighted by molar-refractivity contribution is 5.80. The third kappa shape index (κ3) is 8.43. The normalized spacial score (nSPS) is 15.3. The first-order chi connectivity index (χ1) is 14.5. The van der Waals surface area contributed by atoms with Gasteiger partial charge < -0.3 is 15.4 Å². The maximum absolute atomic E-state index is 12.2. The molecule has 1 aromatic rings. The topological polar surface area (TPSA) is 50.4 Å². The van der Waals surface area contributed by atoms with Gasteiger partial charge in [-0.2, -0.15) is 0 Å². The Kier molecular flexibility index (Phi) is 14.0. The van der Waals surface area contributed by atoms with Crippen molar-refractivity contribution in [3.8, 4) is 0 Å². The van der Waals surface area contributed by atoms with Crippen LogP contribution < -0.4 is 10.6 Å². The second-order valence-electron chi connectivity index (χ2n) is 6.12. The zero-order valence-electron chi connectivity index (χ0n) is 18.5. The van der Waals surface area contributed by atoms with Crippen molar-refractivity contribution in [2.24, 2.45) is 0 Å². The number of likely N-dealkylation sites (N-methyl/N-ethyl adjacent to an activating group) is 2. The molecule has 0 bridgehead atoms. The molecular formula is C24H34F2N2O2. The van der Waals surface area contributed by atoms with E-state index >= 15 is 0 Å². The van der Waals surface area contributed by atoms with Gasteiger partial charge in [-0.1, -0.05) is 69.0 Å². The highest BCUT2D eigenvalue weighted by Gasteiger charge is 2.39. The van der Waals surface area contributed by atoms with Gasteiger partial charge in [0.25, 0.3) is 6.43 Å². The average Bonchev–Trinajstić information content (AvgIpc) is 2.74. The van der Waals surface area contributed by atoms with Gasteiger partial charge in [-0.3, -0.25) is 4.79 Å². The molecule has 1 heterocycles. The number of nitrogens with one attached hydrogen (secondary N) is 2. The summed E-state index contributed by atoms with van der Waals surface area (Å²) in [4.78, 5) is 10.5. The number of benzene rings is 1. The van der Waals surface area contributed by atoms with Gasteiger partial charge in [0.15, 0.2) is 6.29 Å². The van der Waals surface area contributed by atoms with Crippen molar-refractivity contribution in [2.45, 2.75) is 32.7 Å². The number of alkyl halides is 2. The Bertz CT molecular complexity index is 714. The maximum atomic E-state index is 12.2. The van der Waals surface area contributed by atoms with Crippen molar-refractivity contribution in [1.82, 2.24) is 10.6 Å². The highest BCUT2D eigenvalue weighted by Crippen LogP contribution is 2.26. The van der Waals surface area contributed by atoms with Crippen LogP contribution in [0.25, 0.3) is 6.08 Å². The Hall–Kier alpha value is -2.57. The lowest BCUT2D eigenvalue weighted by Gasteiger charge is -2.42. The zero-order chi connectivity index (χ0) is 23.0. The predicted octanol–water partition coefficient (Wildman–Crippen LogP) is 5.07. The van der Waals surface area contributed by atoms with Crippen molar-refractivity contribution < 1.29 is 18.3 Å². The number of hydrogen-bond donors (Lipinski definition) is 2. The molecule has 166 valence electrons. The number of ether oxygens (including phenoxy) is 1. The lowest BCUT2D eigenvalue weighted by Crippen LogP contribution is -2.60. The summed E-state index contributed by atoms with van der Waals surface area (Å²) in [6.07, 6.45) is 7.76. The lowest BCUT2D eigenvalue weighted by atomic mass is 9.87. The molecule has 0 amide bonds. The molecule has 30 heavy (non-hydrogen) atoms. The number of carbonyl (C=O) groups excluding carboxylic acids is 1. The van der Waals surface area contributed by atoms with Crippen LogP contribution in [0, 0.1) is 0 Å². The molecule has 0 aliphatic carbocycles. The van der Waals surface area contributed by atoms with Gasteiger partial charge >= 0.3 is 0 Å². The van der Waals surface area contributed by atoms with Gasteiger partial charge in [0.1, 0.15) is 0 Å². The van der Waals surface area contributed by atoms with Gasteiger partial charge in [0, 0.05) is 12.6 Å². The second kappa shape index (κ2) is 15.3. The summed E-state index contributed by atoms with van der Waals surface area (Å²) < 4.78 is 29.7. The van der Waals surface area contributed by atoms with Gasteiger partial charge in [-0.15, -0.1) is 0 Å². The van der Waals surface area contributed by atoms with Crippen LogP contribution in [0.4, 0.5) is 8.78 Å². The maximum Gasteiger partial charge on any atom is 0.263 e. The predicted molar refractivity (Wildman–Crippen MR) is 122 cm³/mol. The Labute approximate surface area is 179 Å². The number of aldehydes is 1. The number of allylic oxidation sites excluding steroid dienone is 4. The highest BCUT2D eigenvalue weighted by atomic mass is 19.3. The van der Waals surface area contributed by atoms with E-state index in [1.54, 1.807) is 25.3 Å². The number of rotatable bonds is 8. The van der Waals surface area contributed by atoms with Gasteiger partial charge in [0.05, 0.1) is 24.4 Å². The van der Waals surface area contributed by atoms with Crippen LogP contribution in [-0.2, 0) is 9.53 Å². The minimum atomic E-state index is -2.46. The van der Waals surface area contributed by atoms with Crippen molar-refractivity contribution >= 4 is 12.4 Å². The minimum Gasteiger partial charge on any atom is -0.385 e. The molecular weight excluding hydrogens is 386 g/mol. The first-order valence-corrected chi connectivity index (χ1v) is 9.91. The van der Waals surface area contributed by atoms with Crippen LogP contribution in [0.5, 0.6) is 0 Å². The van der Waals surface area contributed by atoms with Gasteiger partial charge in [0.2, 0.25) is 0 Å². The fraction of sp³-hybridized carbons (Fsp3) is 0.375. The molecule has 0 saturated carbocycles. The van der Waals surface area contributed by atoms with E-state index in [1.807, 2.05) is 46.0 Å². The van der Waals surface area contributed by atoms with Crippen LogP contribution in [0.2, 0.25) is 0 Å². The number of carbonyl (C=O) groups is 1. The molecule has 1 saturated heterocycles. The molecule has 0 atom stereocenters. The van der Waals surface area contributed by atoms with E-state index in [1.165, 1.54) is 17.7 Å². The summed E-state index contributed by atoms with van der Waals surface area (Å²) in [6.45, 7) is 11.2. The Morgan fingerprint density at radius 3 is 2.13 bits per heavy atom. The minimum absolute atomic E-state index is 0.0146. The SMILES string of the molecule is C=C/C=C(\C=C/C)C1(NC)COC1.CC.CN/C(C=O)=C\c1ccc(C(F)F)cc1. The van der Waals surface area contributed by atoms with E-state index in [9.17, 15) is 13.6 Å². The molecule has 2 N–H and O–H groups in total. The van der Waals surface area contributed by atoms with E-state index in [2.05, 4.69) is 23.3 Å². The fourth-order valence-corrected chi connectivity index (χ4v) is 2.53. The summed E-state index contributed by atoms with van der Waals surface area (Å²) >= 11 is 0. The summed E-state index contributed by atoms with van der Waals surface area (Å²) in [5, 5.41) is 5.97. The van der Waals surface area contributed by atoms with Crippen LogP contribution in [-0.4, -0.2) is 39.1 Å². The summed E-state index contributed by atoms with van der Waals surface area (Å²) in [5.74, 6) is 0. The van der Waals surface area contributed by atoms with Crippen LogP contribution in [0.1, 0.15) is 38.3 Å². The summed E-state index contributed by atoms with van der Waals surface area (Å²) in [7, 11) is 3.58. The summed E-state index contributed by atoms with van der Waals surface area (Å²) in [6, 6.07) is 5.77. The van der Waals surface area contributed by atoms with Crippen molar-refractivity contribution in [2.75, 3.05) is 27.3 Å². The van der Waals surface area contributed by atoms with Crippen molar-refractivity contribution in [3.63, 3.8) is 0 Å². The third-order valence-corrected chi connectivity index (χ3v) is 4.30. The molecule has 0 aromatic heterocycles. The lowest BCUT2D eigenvalue weighted by molar-refractivity contribution is -0.105. The molecule has 1 aliphatic rings. The molecule has 6 heteroatoms. The molecule has 2 rings (SSSR count). The average molecular weight is 421 g/mol. The molecule has 0 unspecified atom stereocenters. The number of hydrogen-bond acceptors (Lipinski definition) is 4. The van der Waals surface area contributed by atoms with E-state index in [4.69, 9.17) is 4.74 Å². The Balaban J connectivity index is 0.000000522.